The number of nitrogens with zero attached hydrogens (tertiary/aromatic N) is 2. The van der Waals surface area contributed by atoms with Gasteiger partial charge in [-0.25, -0.2) is 4.98 Å². The van der Waals surface area contributed by atoms with Crippen LogP contribution in [0, 0.1) is 20.8 Å². The summed E-state index contributed by atoms with van der Waals surface area (Å²) >= 11 is 0. The van der Waals surface area contributed by atoms with Gasteiger partial charge in [-0.2, -0.15) is 0 Å². The molecule has 0 aliphatic heterocycles. The Balaban J connectivity index is 2.64. The number of rotatable bonds is 0. The lowest BCUT2D eigenvalue weighted by atomic mass is 10.1. The summed E-state index contributed by atoms with van der Waals surface area (Å²) in [6, 6.07) is 8.56. The Morgan fingerprint density at radius 2 is 1.88 bits per heavy atom. The van der Waals surface area contributed by atoms with Crippen LogP contribution in [0.15, 0.2) is 30.5 Å². The van der Waals surface area contributed by atoms with E-state index in [1.165, 1.54) is 22.2 Å². The van der Waals surface area contributed by atoms with Crippen molar-refractivity contribution in [1.29, 1.82) is 0 Å². The Morgan fingerprint density at radius 3 is 2.69 bits per heavy atom. The van der Waals surface area contributed by atoms with Gasteiger partial charge in [-0.3, -0.25) is 0 Å². The van der Waals surface area contributed by atoms with E-state index >= 15 is 0 Å². The fraction of sp³-hybridized carbons (Fsp3) is 0.214. The highest BCUT2D eigenvalue weighted by Gasteiger charge is 2.07. The van der Waals surface area contributed by atoms with E-state index in [1.54, 1.807) is 0 Å². The molecule has 0 fully saturated rings. The second-order valence-electron chi connectivity index (χ2n) is 4.41. The molecule has 2 heterocycles. The highest BCUT2D eigenvalue weighted by atomic mass is 14.9. The van der Waals surface area contributed by atoms with Gasteiger partial charge in [-0.05, 0) is 50.1 Å². The fourth-order valence-corrected chi connectivity index (χ4v) is 2.38. The predicted molar refractivity (Wildman–Crippen MR) is 66.9 cm³/mol. The van der Waals surface area contributed by atoms with E-state index in [4.69, 9.17) is 4.98 Å². The monoisotopic (exact) mass is 210 g/mol. The molecule has 0 spiro atoms. The van der Waals surface area contributed by atoms with Crippen molar-refractivity contribution in [2.75, 3.05) is 0 Å². The van der Waals surface area contributed by atoms with Gasteiger partial charge in [-0.1, -0.05) is 6.07 Å². The maximum Gasteiger partial charge on any atom is 0.0903 e. The van der Waals surface area contributed by atoms with Crippen molar-refractivity contribution >= 4 is 16.6 Å². The number of hydrogen-bond donors (Lipinski definition) is 0. The van der Waals surface area contributed by atoms with E-state index < -0.39 is 0 Å². The Morgan fingerprint density at radius 1 is 1.06 bits per heavy atom. The van der Waals surface area contributed by atoms with Crippen LogP contribution in [0.2, 0.25) is 0 Å². The molecule has 2 aromatic heterocycles. The molecule has 2 heteroatoms. The Kier molecular flexibility index (Phi) is 1.81. The number of hydrogen-bond acceptors (Lipinski definition) is 1. The van der Waals surface area contributed by atoms with E-state index in [-0.39, 0.29) is 0 Å². The number of aryl methyl sites for hydroxylation is 3. The van der Waals surface area contributed by atoms with Crippen molar-refractivity contribution in [3.05, 3.63) is 47.3 Å². The smallest absolute Gasteiger partial charge is 0.0903 e. The zero-order valence-corrected chi connectivity index (χ0v) is 9.78. The highest BCUT2D eigenvalue weighted by Crippen LogP contribution is 2.22. The molecule has 0 aliphatic carbocycles. The van der Waals surface area contributed by atoms with Gasteiger partial charge < -0.3 is 4.40 Å². The zero-order chi connectivity index (χ0) is 11.3. The standard InChI is InChI=1S/C14H14N2/c1-9-7-10(2)14-13(8-9)16-6-4-5-12(16)11(3)15-14/h4-8H,1-3H3. The summed E-state index contributed by atoms with van der Waals surface area (Å²) in [4.78, 5) is 4.70. The Bertz CT molecular complexity index is 693. The molecule has 2 nitrogen and oxygen atoms in total. The molecule has 3 rings (SSSR count). The first-order valence-electron chi connectivity index (χ1n) is 5.51. The van der Waals surface area contributed by atoms with Gasteiger partial charge in [-0.15, -0.1) is 0 Å². The topological polar surface area (TPSA) is 17.3 Å². The molecule has 0 unspecified atom stereocenters. The minimum absolute atomic E-state index is 1.09. The molecule has 3 aromatic rings. The summed E-state index contributed by atoms with van der Waals surface area (Å²) in [5, 5.41) is 0. The number of fused-ring (bicyclic) bond motifs is 3. The lowest BCUT2D eigenvalue weighted by molar-refractivity contribution is 1.16. The Labute approximate surface area is 94.5 Å². The third kappa shape index (κ3) is 1.16. The van der Waals surface area contributed by atoms with Crippen LogP contribution in [-0.2, 0) is 0 Å². The normalized spacial score (nSPS) is 11.4. The van der Waals surface area contributed by atoms with E-state index in [0.29, 0.717) is 0 Å². The zero-order valence-electron chi connectivity index (χ0n) is 9.78. The van der Waals surface area contributed by atoms with Crippen LogP contribution in [0.3, 0.4) is 0 Å². The van der Waals surface area contributed by atoms with Crippen LogP contribution >= 0.6 is 0 Å². The third-order valence-electron chi connectivity index (χ3n) is 3.08. The van der Waals surface area contributed by atoms with Crippen LogP contribution < -0.4 is 0 Å². The summed E-state index contributed by atoms with van der Waals surface area (Å²) in [6.45, 7) is 6.31. The first-order chi connectivity index (χ1) is 7.66. The summed E-state index contributed by atoms with van der Waals surface area (Å²) < 4.78 is 2.22. The van der Waals surface area contributed by atoms with Gasteiger partial charge in [0.15, 0.2) is 0 Å². The largest absolute Gasteiger partial charge is 0.313 e. The van der Waals surface area contributed by atoms with Crippen molar-refractivity contribution in [3.8, 4) is 0 Å². The maximum absolute atomic E-state index is 4.70. The molecule has 0 aliphatic rings. The SMILES string of the molecule is Cc1cc(C)c2nc(C)c3cccn3c2c1. The lowest BCUT2D eigenvalue weighted by Gasteiger charge is -2.08. The number of aromatic nitrogens is 2. The molecule has 0 atom stereocenters. The molecule has 0 amide bonds. The number of benzene rings is 1. The molecule has 80 valence electrons. The van der Waals surface area contributed by atoms with Crippen molar-refractivity contribution in [2.24, 2.45) is 0 Å². The maximum atomic E-state index is 4.70. The Hall–Kier alpha value is -1.83. The first-order valence-corrected chi connectivity index (χ1v) is 5.51. The predicted octanol–water partition coefficient (Wildman–Crippen LogP) is 3.41. The van der Waals surface area contributed by atoms with Gasteiger partial charge in [0.25, 0.3) is 0 Å². The molecule has 0 N–H and O–H groups in total. The lowest BCUT2D eigenvalue weighted by Crippen LogP contribution is -1.96. The second-order valence-corrected chi connectivity index (χ2v) is 4.41. The van der Waals surface area contributed by atoms with Crippen LogP contribution in [0.25, 0.3) is 16.6 Å². The minimum atomic E-state index is 1.09. The van der Waals surface area contributed by atoms with Crippen LogP contribution in [0.5, 0.6) is 0 Å². The highest BCUT2D eigenvalue weighted by molar-refractivity contribution is 5.83. The minimum Gasteiger partial charge on any atom is -0.313 e. The van der Waals surface area contributed by atoms with Gasteiger partial charge in [0.2, 0.25) is 0 Å². The van der Waals surface area contributed by atoms with Crippen LogP contribution in [0.4, 0.5) is 0 Å². The molecule has 0 saturated carbocycles. The quantitative estimate of drug-likeness (QED) is 0.555. The second kappa shape index (κ2) is 3.08. The van der Waals surface area contributed by atoms with Crippen LogP contribution in [-0.4, -0.2) is 9.38 Å². The first kappa shape index (κ1) is 9.40. The van der Waals surface area contributed by atoms with Crippen molar-refractivity contribution < 1.29 is 0 Å². The summed E-state index contributed by atoms with van der Waals surface area (Å²) in [7, 11) is 0. The third-order valence-corrected chi connectivity index (χ3v) is 3.08. The van der Waals surface area contributed by atoms with Crippen molar-refractivity contribution in [1.82, 2.24) is 9.38 Å². The van der Waals surface area contributed by atoms with E-state index in [0.717, 1.165) is 11.2 Å². The van der Waals surface area contributed by atoms with Gasteiger partial charge in [0.1, 0.15) is 0 Å². The van der Waals surface area contributed by atoms with Gasteiger partial charge >= 0.3 is 0 Å². The van der Waals surface area contributed by atoms with E-state index in [9.17, 15) is 0 Å². The van der Waals surface area contributed by atoms with E-state index in [1.807, 2.05) is 0 Å². The van der Waals surface area contributed by atoms with Crippen molar-refractivity contribution in [2.45, 2.75) is 20.8 Å². The fourth-order valence-electron chi connectivity index (χ4n) is 2.38. The van der Waals surface area contributed by atoms with Gasteiger partial charge in [0.05, 0.1) is 22.2 Å². The summed E-state index contributed by atoms with van der Waals surface area (Å²) in [6.07, 6.45) is 2.10. The van der Waals surface area contributed by atoms with Gasteiger partial charge in [0, 0.05) is 6.20 Å². The average molecular weight is 210 g/mol. The molecular weight excluding hydrogens is 196 g/mol. The average Bonchev–Trinajstić information content (AvgIpc) is 2.69. The van der Waals surface area contributed by atoms with Crippen LogP contribution in [0.1, 0.15) is 16.8 Å². The molecule has 0 bridgehead atoms. The van der Waals surface area contributed by atoms with E-state index in [2.05, 4.69) is 55.6 Å². The summed E-state index contributed by atoms with van der Waals surface area (Å²) in [5.74, 6) is 0. The molecule has 0 saturated heterocycles. The summed E-state index contributed by atoms with van der Waals surface area (Å²) in [5.41, 5.74) is 7.11. The molecule has 0 radical (unpaired) electrons. The molecule has 16 heavy (non-hydrogen) atoms. The molecule has 1 aromatic carbocycles. The van der Waals surface area contributed by atoms with Crippen molar-refractivity contribution in [3.63, 3.8) is 0 Å². The molecular formula is C14H14N2.